The van der Waals surface area contributed by atoms with Crippen LogP contribution in [0.3, 0.4) is 0 Å². The molecule has 0 spiro atoms. The first-order valence-electron chi connectivity index (χ1n) is 9.15. The van der Waals surface area contributed by atoms with Crippen LogP contribution in [-0.2, 0) is 0 Å². The lowest BCUT2D eigenvalue weighted by Crippen LogP contribution is -2.16. The quantitative estimate of drug-likeness (QED) is 0.426. The number of alkyl halides is 3. The number of halogens is 3. The van der Waals surface area contributed by atoms with E-state index in [1.54, 1.807) is 12.1 Å². The number of fused-ring (bicyclic) bond motifs is 1. The van der Waals surface area contributed by atoms with Crippen molar-refractivity contribution >= 4 is 11.0 Å². The Hall–Kier alpha value is -4.21. The van der Waals surface area contributed by atoms with Crippen LogP contribution < -0.4 is 4.74 Å². The number of tetrazole rings is 1. The molecule has 0 saturated carbocycles. The molecule has 7 nitrogen and oxygen atoms in total. The van der Waals surface area contributed by atoms with Gasteiger partial charge in [-0.1, -0.05) is 30.3 Å². The zero-order valence-corrected chi connectivity index (χ0v) is 15.7. The molecule has 154 valence electrons. The molecule has 10 heteroatoms. The Morgan fingerprint density at radius 1 is 0.806 bits per heavy atom. The van der Waals surface area contributed by atoms with Crippen molar-refractivity contribution in [3.63, 3.8) is 0 Å². The van der Waals surface area contributed by atoms with E-state index in [0.717, 1.165) is 33.3 Å². The van der Waals surface area contributed by atoms with Gasteiger partial charge < -0.3 is 9.72 Å². The van der Waals surface area contributed by atoms with Crippen LogP contribution in [0.2, 0.25) is 0 Å². The molecule has 2 aromatic heterocycles. The maximum atomic E-state index is 12.4. The van der Waals surface area contributed by atoms with Gasteiger partial charge in [0.05, 0.1) is 11.0 Å². The van der Waals surface area contributed by atoms with Gasteiger partial charge in [-0.25, -0.2) is 4.98 Å². The molecule has 5 aromatic rings. The molecule has 0 atom stereocenters. The molecule has 0 aliphatic carbocycles. The molecule has 0 unspecified atom stereocenters. The average Bonchev–Trinajstić information content (AvgIpc) is 3.43. The number of benzene rings is 3. The lowest BCUT2D eigenvalue weighted by Gasteiger charge is -2.09. The van der Waals surface area contributed by atoms with E-state index in [2.05, 4.69) is 35.3 Å². The van der Waals surface area contributed by atoms with E-state index in [-0.39, 0.29) is 5.75 Å². The smallest absolute Gasteiger partial charge is 0.406 e. The monoisotopic (exact) mass is 422 g/mol. The van der Waals surface area contributed by atoms with Crippen LogP contribution >= 0.6 is 0 Å². The summed E-state index contributed by atoms with van der Waals surface area (Å²) >= 11 is 0. The molecule has 2 N–H and O–H groups in total. The van der Waals surface area contributed by atoms with Crippen molar-refractivity contribution in [1.82, 2.24) is 30.6 Å². The number of imidazole rings is 1. The zero-order valence-electron chi connectivity index (χ0n) is 15.7. The summed E-state index contributed by atoms with van der Waals surface area (Å²) in [5, 5.41) is 13.9. The number of aromatic amines is 2. The molecule has 0 bridgehead atoms. The van der Waals surface area contributed by atoms with Crippen LogP contribution in [0.5, 0.6) is 5.75 Å². The Balaban J connectivity index is 1.45. The van der Waals surface area contributed by atoms with Crippen molar-refractivity contribution in [3.8, 4) is 39.7 Å². The number of nitrogens with one attached hydrogen (secondary N) is 2. The Bertz CT molecular complexity index is 1340. The van der Waals surface area contributed by atoms with E-state index in [0.29, 0.717) is 11.6 Å². The molecule has 2 heterocycles. The summed E-state index contributed by atoms with van der Waals surface area (Å²) in [6, 6.07) is 18.9. The SMILES string of the molecule is FC(F)(F)Oc1ccc(-c2cccc(-c3nc4ccc(-c5nn[nH]n5)cc4[nH]3)c2)cc1. The molecule has 0 amide bonds. The van der Waals surface area contributed by atoms with E-state index < -0.39 is 6.36 Å². The predicted octanol–water partition coefficient (Wildman–Crippen LogP) is 4.98. The third-order valence-electron chi connectivity index (χ3n) is 4.64. The first-order valence-corrected chi connectivity index (χ1v) is 9.15. The van der Waals surface area contributed by atoms with Gasteiger partial charge in [0, 0.05) is 11.1 Å². The fraction of sp³-hybridized carbons (Fsp3) is 0.0476. The highest BCUT2D eigenvalue weighted by Crippen LogP contribution is 2.30. The van der Waals surface area contributed by atoms with Gasteiger partial charge in [0.15, 0.2) is 0 Å². The van der Waals surface area contributed by atoms with Crippen molar-refractivity contribution < 1.29 is 17.9 Å². The molecule has 0 saturated heterocycles. The lowest BCUT2D eigenvalue weighted by molar-refractivity contribution is -0.274. The third kappa shape index (κ3) is 3.95. The van der Waals surface area contributed by atoms with Gasteiger partial charge in [-0.15, -0.1) is 23.4 Å². The predicted molar refractivity (Wildman–Crippen MR) is 107 cm³/mol. The van der Waals surface area contributed by atoms with E-state index in [1.807, 2.05) is 42.5 Å². The van der Waals surface area contributed by atoms with E-state index >= 15 is 0 Å². The van der Waals surface area contributed by atoms with Gasteiger partial charge in [0.1, 0.15) is 11.6 Å². The molecule has 31 heavy (non-hydrogen) atoms. The summed E-state index contributed by atoms with van der Waals surface area (Å²) in [7, 11) is 0. The minimum Gasteiger partial charge on any atom is -0.406 e. The van der Waals surface area contributed by atoms with Gasteiger partial charge in [-0.3, -0.25) is 0 Å². The molecule has 0 aliphatic rings. The van der Waals surface area contributed by atoms with Gasteiger partial charge >= 0.3 is 6.36 Å². The van der Waals surface area contributed by atoms with Crippen LogP contribution in [0.25, 0.3) is 44.9 Å². The minimum absolute atomic E-state index is 0.262. The van der Waals surface area contributed by atoms with Crippen LogP contribution in [0.4, 0.5) is 13.2 Å². The fourth-order valence-corrected chi connectivity index (χ4v) is 3.26. The molecule has 0 aliphatic heterocycles. The van der Waals surface area contributed by atoms with Gasteiger partial charge in [-0.2, -0.15) is 5.21 Å². The Kier molecular flexibility index (Phi) is 4.39. The van der Waals surface area contributed by atoms with Gasteiger partial charge in [0.2, 0.25) is 5.82 Å². The van der Waals surface area contributed by atoms with Crippen LogP contribution in [0.1, 0.15) is 0 Å². The molecular weight excluding hydrogens is 409 g/mol. The Morgan fingerprint density at radius 3 is 2.32 bits per heavy atom. The minimum atomic E-state index is -4.72. The molecule has 0 radical (unpaired) electrons. The first kappa shape index (κ1) is 18.8. The van der Waals surface area contributed by atoms with Crippen molar-refractivity contribution in [2.24, 2.45) is 0 Å². The number of H-pyrrole nitrogens is 2. The Morgan fingerprint density at radius 2 is 1.58 bits per heavy atom. The lowest BCUT2D eigenvalue weighted by atomic mass is 10.0. The number of nitrogens with zero attached hydrogens (tertiary/aromatic N) is 4. The van der Waals surface area contributed by atoms with Crippen molar-refractivity contribution in [1.29, 1.82) is 0 Å². The largest absolute Gasteiger partial charge is 0.573 e. The average molecular weight is 422 g/mol. The summed E-state index contributed by atoms with van der Waals surface area (Å²) in [6.45, 7) is 0. The highest BCUT2D eigenvalue weighted by Gasteiger charge is 2.30. The normalized spacial score (nSPS) is 11.7. The van der Waals surface area contributed by atoms with Crippen LogP contribution in [0, 0.1) is 0 Å². The molecule has 0 fully saturated rings. The topological polar surface area (TPSA) is 92.4 Å². The standard InChI is InChI=1S/C21H13F3N6O/c22-21(23,24)31-16-7-4-12(5-8-16)13-2-1-3-14(10-13)19-25-17-9-6-15(11-18(17)26-19)20-27-29-30-28-20/h1-11H,(H,25,26)(H,27,28,29,30). The van der Waals surface area contributed by atoms with Crippen LogP contribution in [0.15, 0.2) is 66.7 Å². The molecule has 3 aromatic carbocycles. The summed E-state index contributed by atoms with van der Waals surface area (Å²) in [5.74, 6) is 0.888. The maximum Gasteiger partial charge on any atom is 0.573 e. The number of ether oxygens (including phenoxy) is 1. The second-order valence-corrected chi connectivity index (χ2v) is 6.71. The zero-order chi connectivity index (χ0) is 21.4. The summed E-state index contributed by atoms with van der Waals surface area (Å²) in [6.07, 6.45) is -4.72. The summed E-state index contributed by atoms with van der Waals surface area (Å²) < 4.78 is 41.0. The van der Waals surface area contributed by atoms with Gasteiger partial charge in [-0.05, 0) is 52.7 Å². The fourth-order valence-electron chi connectivity index (χ4n) is 3.26. The van der Waals surface area contributed by atoms with Crippen molar-refractivity contribution in [2.75, 3.05) is 0 Å². The number of aromatic nitrogens is 6. The summed E-state index contributed by atoms with van der Waals surface area (Å²) in [5.41, 5.74) is 4.82. The van der Waals surface area contributed by atoms with Crippen LogP contribution in [-0.4, -0.2) is 37.0 Å². The summed E-state index contributed by atoms with van der Waals surface area (Å²) in [4.78, 5) is 7.92. The first-order chi connectivity index (χ1) is 14.9. The van der Waals surface area contributed by atoms with Gasteiger partial charge in [0.25, 0.3) is 0 Å². The third-order valence-corrected chi connectivity index (χ3v) is 4.64. The van der Waals surface area contributed by atoms with Crippen molar-refractivity contribution in [2.45, 2.75) is 6.36 Å². The second-order valence-electron chi connectivity index (χ2n) is 6.71. The highest BCUT2D eigenvalue weighted by molar-refractivity contribution is 5.84. The molecular formula is C21H13F3N6O. The number of hydrogen-bond donors (Lipinski definition) is 2. The van der Waals surface area contributed by atoms with E-state index in [4.69, 9.17) is 0 Å². The number of hydrogen-bond acceptors (Lipinski definition) is 5. The van der Waals surface area contributed by atoms with E-state index in [1.165, 1.54) is 12.1 Å². The number of rotatable bonds is 4. The van der Waals surface area contributed by atoms with E-state index in [9.17, 15) is 13.2 Å². The Labute approximate surface area is 172 Å². The van der Waals surface area contributed by atoms with Crippen molar-refractivity contribution in [3.05, 3.63) is 66.7 Å². The maximum absolute atomic E-state index is 12.4. The second kappa shape index (κ2) is 7.24. The highest BCUT2D eigenvalue weighted by atomic mass is 19.4. The molecule has 5 rings (SSSR count).